The van der Waals surface area contributed by atoms with Crippen LogP contribution in [-0.4, -0.2) is 25.8 Å². The van der Waals surface area contributed by atoms with Crippen LogP contribution in [0.1, 0.15) is 41.5 Å². The summed E-state index contributed by atoms with van der Waals surface area (Å²) in [5.41, 5.74) is 5.87. The molecule has 0 saturated carbocycles. The van der Waals surface area contributed by atoms with Gasteiger partial charge in [-0.05, 0) is 0 Å². The molecule has 0 aliphatic heterocycles. The number of hydrogen-bond donors (Lipinski definition) is 0. The second-order valence-electron chi connectivity index (χ2n) is 4.77. The van der Waals surface area contributed by atoms with Crippen molar-refractivity contribution in [2.75, 3.05) is 0 Å². The van der Waals surface area contributed by atoms with Gasteiger partial charge in [-0.15, -0.1) is 0 Å². The van der Waals surface area contributed by atoms with E-state index in [0.717, 1.165) is 16.6 Å². The predicted molar refractivity (Wildman–Crippen MR) is 64.6 cm³/mol. The average molecular weight is 188 g/mol. The molecule has 0 aromatic rings. The molecular formula is C11H21LiSi. The Hall–Kier alpha value is 0.374. The van der Waals surface area contributed by atoms with Gasteiger partial charge in [-0.1, -0.05) is 0 Å². The Morgan fingerprint density at radius 1 is 0.846 bits per heavy atom. The van der Waals surface area contributed by atoms with Crippen LogP contribution < -0.4 is 0 Å². The third kappa shape index (κ3) is 2.66. The van der Waals surface area contributed by atoms with E-state index < -0.39 is 8.07 Å². The summed E-state index contributed by atoms with van der Waals surface area (Å²) in [7, 11) is -1.39. The van der Waals surface area contributed by atoms with Crippen molar-refractivity contribution < 1.29 is 0 Å². The summed E-state index contributed by atoms with van der Waals surface area (Å²) in [6, 6.07) is 0. The molecule has 0 aliphatic carbocycles. The maximum atomic E-state index is 3.58. The summed E-state index contributed by atoms with van der Waals surface area (Å²) in [4.78, 5) is 0. The zero-order chi connectivity index (χ0) is 10.6. The molecule has 0 fully saturated rings. The Labute approximate surface area is 94.1 Å². The van der Waals surface area contributed by atoms with Crippen LogP contribution in [0.15, 0.2) is 0 Å². The van der Waals surface area contributed by atoms with Gasteiger partial charge in [0.25, 0.3) is 0 Å². The molecular weight excluding hydrogens is 167 g/mol. The van der Waals surface area contributed by atoms with Gasteiger partial charge in [-0.2, -0.15) is 0 Å². The summed E-state index contributed by atoms with van der Waals surface area (Å²) in [5.74, 6) is 0. The van der Waals surface area contributed by atoms with Crippen molar-refractivity contribution in [3.63, 3.8) is 0 Å². The molecule has 0 amide bonds. The predicted octanol–water partition coefficient (Wildman–Crippen LogP) is 3.33. The van der Waals surface area contributed by atoms with E-state index in [4.69, 9.17) is 0 Å². The van der Waals surface area contributed by atoms with Gasteiger partial charge in [-0.3, -0.25) is 0 Å². The Morgan fingerprint density at radius 3 is 1.23 bits per heavy atom. The van der Waals surface area contributed by atoms with Crippen molar-refractivity contribution in [3.05, 3.63) is 0 Å². The van der Waals surface area contributed by atoms with E-state index in [-0.39, 0.29) is 0 Å². The molecule has 0 spiro atoms. The summed E-state index contributed by atoms with van der Waals surface area (Å²) < 4.78 is 3.16. The molecule has 0 aromatic heterocycles. The molecule has 0 bridgehead atoms. The molecule has 0 radical (unpaired) electrons. The molecule has 0 rings (SSSR count). The van der Waals surface area contributed by atoms with E-state index in [1.165, 1.54) is 0 Å². The Kier molecular flexibility index (Phi) is 5.46. The molecule has 0 N–H and O–H groups in total. The minimum atomic E-state index is -1.39. The molecule has 0 atom stereocenters. The fourth-order valence-electron chi connectivity index (χ4n) is 2.65. The third-order valence-electron chi connectivity index (χ3n) is 3.21. The summed E-state index contributed by atoms with van der Waals surface area (Å²) in [5, 5.41) is 0. The van der Waals surface area contributed by atoms with Crippen molar-refractivity contribution in [1.29, 1.82) is 0 Å². The van der Waals surface area contributed by atoms with Crippen LogP contribution in [0.2, 0.25) is 16.6 Å². The zero-order valence-electron chi connectivity index (χ0n) is 10.2. The molecule has 0 heterocycles. The van der Waals surface area contributed by atoms with Gasteiger partial charge in [-0.25, -0.2) is 0 Å². The fourth-order valence-corrected chi connectivity index (χ4v) is 7.95. The standard InChI is InChI=1S/C11H21Si.Li/c1-8-12(9(2)3,10(4)5)11(6)7;/h9-11H,2-7H3;. The van der Waals surface area contributed by atoms with E-state index in [9.17, 15) is 0 Å². The van der Waals surface area contributed by atoms with Gasteiger partial charge >= 0.3 is 94.1 Å². The summed E-state index contributed by atoms with van der Waals surface area (Å²) in [6.45, 7) is 14.1. The molecule has 13 heavy (non-hydrogen) atoms. The van der Waals surface area contributed by atoms with Crippen LogP contribution in [0.4, 0.5) is 0 Å². The van der Waals surface area contributed by atoms with Crippen LogP contribution in [-0.2, 0) is 0 Å². The Morgan fingerprint density at radius 2 is 1.15 bits per heavy atom. The fraction of sp³-hybridized carbons (Fsp3) is 0.818. The first-order valence-electron chi connectivity index (χ1n) is 5.33. The van der Waals surface area contributed by atoms with Crippen molar-refractivity contribution in [2.45, 2.75) is 58.2 Å². The van der Waals surface area contributed by atoms with Crippen LogP contribution in [0.25, 0.3) is 0 Å². The molecule has 0 saturated heterocycles. The van der Waals surface area contributed by atoms with Gasteiger partial charge in [0.15, 0.2) is 0 Å². The molecule has 0 aliphatic rings. The van der Waals surface area contributed by atoms with E-state index in [1.807, 2.05) is 17.7 Å². The minimum absolute atomic E-state index is 0.764. The molecule has 0 nitrogen and oxygen atoms in total. The summed E-state index contributed by atoms with van der Waals surface area (Å²) in [6.07, 6.45) is 0. The topological polar surface area (TPSA) is 0 Å². The van der Waals surface area contributed by atoms with E-state index in [1.54, 1.807) is 0 Å². The second kappa shape index (κ2) is 5.30. The average Bonchev–Trinajstić information content (AvgIpc) is 1.97. The van der Waals surface area contributed by atoms with Crippen LogP contribution in [0, 0.1) is 10.1 Å². The van der Waals surface area contributed by atoms with E-state index >= 15 is 0 Å². The maximum absolute atomic E-state index is 3.58. The van der Waals surface area contributed by atoms with E-state index in [0.29, 0.717) is 0 Å². The SMILES string of the molecule is [Li][C]#C[Si](C(C)C)(C(C)C)C(C)C. The van der Waals surface area contributed by atoms with Crippen molar-refractivity contribution in [3.8, 4) is 10.1 Å². The van der Waals surface area contributed by atoms with Gasteiger partial charge in [0.1, 0.15) is 0 Å². The molecule has 2 heteroatoms. The molecule has 0 aromatic carbocycles. The first-order valence-corrected chi connectivity index (χ1v) is 7.56. The van der Waals surface area contributed by atoms with Crippen molar-refractivity contribution in [1.82, 2.24) is 0 Å². The monoisotopic (exact) mass is 188 g/mol. The number of rotatable bonds is 3. The Bertz CT molecular complexity index is 186. The first kappa shape index (κ1) is 13.4. The molecule has 0 unspecified atom stereocenters. The number of hydrogen-bond acceptors (Lipinski definition) is 0. The van der Waals surface area contributed by atoms with Gasteiger partial charge < -0.3 is 0 Å². The quantitative estimate of drug-likeness (QED) is 0.471. The normalized spacial score (nSPS) is 12.2. The van der Waals surface area contributed by atoms with Gasteiger partial charge in [0.05, 0.1) is 0 Å². The van der Waals surface area contributed by atoms with Gasteiger partial charge in [0.2, 0.25) is 0 Å². The third-order valence-corrected chi connectivity index (χ3v) is 9.62. The van der Waals surface area contributed by atoms with Crippen molar-refractivity contribution in [2.24, 2.45) is 0 Å². The van der Waals surface area contributed by atoms with Crippen LogP contribution in [0.3, 0.4) is 0 Å². The van der Waals surface area contributed by atoms with Crippen LogP contribution >= 0.6 is 0 Å². The second-order valence-corrected chi connectivity index (χ2v) is 10.4. The molecule has 70 valence electrons. The van der Waals surface area contributed by atoms with Crippen molar-refractivity contribution >= 4 is 25.8 Å². The Balaban J connectivity index is 5.14. The summed E-state index contributed by atoms with van der Waals surface area (Å²) >= 11 is 1.98. The van der Waals surface area contributed by atoms with E-state index in [2.05, 4.69) is 51.7 Å². The van der Waals surface area contributed by atoms with Crippen LogP contribution in [0.5, 0.6) is 0 Å². The first-order chi connectivity index (χ1) is 5.89. The zero-order valence-corrected chi connectivity index (χ0v) is 11.2. The van der Waals surface area contributed by atoms with Gasteiger partial charge in [0, 0.05) is 0 Å².